The molecule has 0 aliphatic carbocycles. The van der Waals surface area contributed by atoms with E-state index in [1.54, 1.807) is 48.5 Å². The van der Waals surface area contributed by atoms with Crippen LogP contribution in [0.25, 0.3) is 10.5 Å². The largest absolute Gasteiger partial charge is 0.672 e. The van der Waals surface area contributed by atoms with Crippen molar-refractivity contribution in [1.29, 1.82) is 0 Å². The van der Waals surface area contributed by atoms with Gasteiger partial charge >= 0.3 is 32.5 Å². The first kappa shape index (κ1) is 25.0. The summed E-state index contributed by atoms with van der Waals surface area (Å²) in [6, 6.07) is 12.9. The third-order valence-corrected chi connectivity index (χ3v) is 4.25. The van der Waals surface area contributed by atoms with Gasteiger partial charge in [-0.25, -0.2) is 8.42 Å². The molecule has 0 aliphatic rings. The van der Waals surface area contributed by atoms with Crippen molar-refractivity contribution in [2.75, 3.05) is 0 Å². The zero-order valence-electron chi connectivity index (χ0n) is 13.5. The predicted octanol–water partition coefficient (Wildman–Crippen LogP) is 5.88. The summed E-state index contributed by atoms with van der Waals surface area (Å²) in [5, 5.41) is 0. The summed E-state index contributed by atoms with van der Waals surface area (Å²) >= 11 is 1.82. The first-order valence-corrected chi connectivity index (χ1v) is 10.4. The molecule has 0 saturated heterocycles. The second-order valence-electron chi connectivity index (χ2n) is 4.77. The minimum absolute atomic E-state index is 0. The number of halogens is 4. The standard InChI is InChI=1S/C15H13F3N2O2S.CH3.ClH.Ru/c16-15(17,18)23(21,22)20-14(12-9-5-2-6-10-12)13(19)11-7-3-1-4-8-11;;;/h1-10,13-14,19H;1H3;1H;/q-2;-1;;+4/p-1/t13-,14-;;;/m1.../s1. The summed E-state index contributed by atoms with van der Waals surface area (Å²) in [5.74, 6) is 0. The Hall–Kier alpha value is -0.987. The van der Waals surface area contributed by atoms with Crippen molar-refractivity contribution in [2.45, 2.75) is 17.6 Å². The van der Waals surface area contributed by atoms with Crippen LogP contribution in [0.5, 0.6) is 0 Å². The number of sulfonamides is 1. The number of rotatable bonds is 5. The third kappa shape index (κ3) is 6.63. The van der Waals surface area contributed by atoms with Crippen LogP contribution in [0.2, 0.25) is 0 Å². The SMILES string of the molecule is [CH3-].[Cl][Ru+3].[NH-][C@H](c1ccccc1)[C@H]([N-]S(=O)(=O)C(F)(F)F)c1ccccc1. The monoisotopic (exact) mass is 494 g/mol. The van der Waals surface area contributed by atoms with E-state index in [2.05, 4.69) is 14.4 Å². The minimum atomic E-state index is -5.69. The summed E-state index contributed by atoms with van der Waals surface area (Å²) in [6.07, 6.45) is 0. The van der Waals surface area contributed by atoms with E-state index in [-0.39, 0.29) is 13.0 Å². The minimum Gasteiger partial charge on any atom is -0.672 e. The van der Waals surface area contributed by atoms with E-state index < -0.39 is 27.6 Å². The van der Waals surface area contributed by atoms with Gasteiger partial charge in [-0.2, -0.15) is 13.2 Å². The zero-order valence-corrected chi connectivity index (χ0v) is 16.8. The molecule has 0 radical (unpaired) electrons. The van der Waals surface area contributed by atoms with Gasteiger partial charge < -0.3 is 17.9 Å². The number of hydrogen-bond acceptors (Lipinski definition) is 2. The maximum Gasteiger partial charge on any atom is 0.480 e. The topological polar surface area (TPSA) is 72.0 Å². The summed E-state index contributed by atoms with van der Waals surface area (Å²) < 4.78 is 63.7. The Bertz CT molecular complexity index is 747. The van der Waals surface area contributed by atoms with E-state index in [1.165, 1.54) is 12.1 Å². The number of hydrogen-bond donors (Lipinski definition) is 0. The normalized spacial score (nSPS) is 13.6. The van der Waals surface area contributed by atoms with E-state index in [9.17, 15) is 21.6 Å². The second kappa shape index (κ2) is 11.0. The molecular formula is C16H16ClF3N2O2RuS. The maximum atomic E-state index is 12.6. The van der Waals surface area contributed by atoms with Gasteiger partial charge in [0, 0.05) is 0 Å². The Balaban J connectivity index is 0.00000201. The number of benzene rings is 2. The van der Waals surface area contributed by atoms with Crippen molar-refractivity contribution >= 4 is 19.7 Å². The van der Waals surface area contributed by atoms with Crippen LogP contribution in [0.3, 0.4) is 0 Å². The molecular weight excluding hydrogens is 478 g/mol. The zero-order chi connectivity index (χ0) is 19.1. The molecule has 0 bridgehead atoms. The Morgan fingerprint density at radius 3 is 1.69 bits per heavy atom. The average molecular weight is 494 g/mol. The van der Waals surface area contributed by atoms with Crippen LogP contribution in [-0.4, -0.2) is 13.9 Å². The van der Waals surface area contributed by atoms with Crippen molar-refractivity contribution < 1.29 is 38.9 Å². The molecule has 0 fully saturated rings. The van der Waals surface area contributed by atoms with Gasteiger partial charge in [0.25, 0.3) is 0 Å². The van der Waals surface area contributed by atoms with Crippen LogP contribution in [0.4, 0.5) is 13.2 Å². The first-order valence-electron chi connectivity index (χ1n) is 6.70. The summed E-state index contributed by atoms with van der Waals surface area (Å²) in [6.45, 7) is 0. The van der Waals surface area contributed by atoms with Crippen molar-refractivity contribution in [2.24, 2.45) is 0 Å². The van der Waals surface area contributed by atoms with Crippen LogP contribution in [-0.2, 0) is 27.3 Å². The van der Waals surface area contributed by atoms with E-state index in [4.69, 9.17) is 5.73 Å². The Kier molecular flexibility index (Phi) is 10.6. The van der Waals surface area contributed by atoms with Gasteiger partial charge in [-0.3, -0.25) is 0 Å². The van der Waals surface area contributed by atoms with Crippen LogP contribution in [0.1, 0.15) is 23.2 Å². The Morgan fingerprint density at radius 1 is 0.923 bits per heavy atom. The molecule has 26 heavy (non-hydrogen) atoms. The smallest absolute Gasteiger partial charge is 0.480 e. The molecule has 144 valence electrons. The summed E-state index contributed by atoms with van der Waals surface area (Å²) in [4.78, 5) is 0. The second-order valence-corrected chi connectivity index (χ2v) is 6.39. The van der Waals surface area contributed by atoms with Crippen LogP contribution in [0, 0.1) is 7.43 Å². The third-order valence-electron chi connectivity index (χ3n) is 3.16. The maximum absolute atomic E-state index is 12.6. The molecule has 0 unspecified atom stereocenters. The molecule has 2 aromatic rings. The van der Waals surface area contributed by atoms with Gasteiger partial charge in [0.2, 0.25) is 0 Å². The molecule has 0 aromatic heterocycles. The van der Waals surface area contributed by atoms with Gasteiger partial charge in [-0.05, 0) is 0 Å². The van der Waals surface area contributed by atoms with Crippen molar-refractivity contribution in [3.63, 3.8) is 0 Å². The summed E-state index contributed by atoms with van der Waals surface area (Å²) in [7, 11) is -1.12. The molecule has 10 heteroatoms. The van der Waals surface area contributed by atoms with E-state index in [0.29, 0.717) is 5.56 Å². The molecule has 1 N–H and O–H groups in total. The van der Waals surface area contributed by atoms with Gasteiger partial charge in [0.05, 0.1) is 0 Å². The molecule has 2 rings (SSSR count). The average Bonchev–Trinajstić information content (AvgIpc) is 2.61. The number of nitrogens with zero attached hydrogens (tertiary/aromatic N) is 1. The molecule has 2 atom stereocenters. The van der Waals surface area contributed by atoms with E-state index >= 15 is 0 Å². The molecule has 0 saturated carbocycles. The fourth-order valence-electron chi connectivity index (χ4n) is 2.02. The molecule has 0 aliphatic heterocycles. The van der Waals surface area contributed by atoms with Gasteiger partial charge in [-0.1, -0.05) is 71.8 Å². The van der Waals surface area contributed by atoms with Gasteiger partial charge in [0.15, 0.2) is 10.0 Å². The molecule has 2 aromatic carbocycles. The van der Waals surface area contributed by atoms with E-state index in [0.717, 1.165) is 0 Å². The fraction of sp³-hybridized carbons (Fsp3) is 0.188. The van der Waals surface area contributed by atoms with Crippen LogP contribution >= 0.6 is 9.69 Å². The Morgan fingerprint density at radius 2 is 1.31 bits per heavy atom. The van der Waals surface area contributed by atoms with Crippen molar-refractivity contribution in [3.8, 4) is 0 Å². The fourth-order valence-corrected chi connectivity index (χ4v) is 2.68. The van der Waals surface area contributed by atoms with Crippen molar-refractivity contribution in [1.82, 2.24) is 0 Å². The van der Waals surface area contributed by atoms with Gasteiger partial charge in [-0.15, -0.1) is 12.1 Å². The Labute approximate surface area is 165 Å². The molecule has 0 amide bonds. The first-order chi connectivity index (χ1) is 11.7. The molecule has 4 nitrogen and oxygen atoms in total. The quantitative estimate of drug-likeness (QED) is 0.385. The summed E-state index contributed by atoms with van der Waals surface area (Å²) in [5.41, 5.74) is 3.28. The van der Waals surface area contributed by atoms with E-state index in [1.807, 2.05) is 17.3 Å². The molecule has 0 heterocycles. The molecule has 0 spiro atoms. The predicted molar refractivity (Wildman–Crippen MR) is 93.3 cm³/mol. The van der Waals surface area contributed by atoms with Gasteiger partial charge in [0.1, 0.15) is 0 Å². The van der Waals surface area contributed by atoms with Crippen molar-refractivity contribution in [3.05, 3.63) is 89.7 Å². The number of nitrogens with one attached hydrogen (secondary N) is 1. The van der Waals surface area contributed by atoms with Crippen LogP contribution in [0.15, 0.2) is 60.7 Å². The number of alkyl halides is 3. The van der Waals surface area contributed by atoms with Crippen LogP contribution < -0.4 is 0 Å².